The Labute approximate surface area is 78.8 Å². The van der Waals surface area contributed by atoms with Gasteiger partial charge in [-0.3, -0.25) is 4.79 Å². The first-order chi connectivity index (χ1) is 6.15. The van der Waals surface area contributed by atoms with E-state index in [9.17, 15) is 9.59 Å². The number of ether oxygens (including phenoxy) is 1. The lowest BCUT2D eigenvalue weighted by Gasteiger charge is -1.97. The van der Waals surface area contributed by atoms with Crippen molar-refractivity contribution in [1.29, 1.82) is 0 Å². The molecule has 0 aliphatic rings. The van der Waals surface area contributed by atoms with Gasteiger partial charge in [0.05, 0.1) is 19.1 Å². The smallest absolute Gasteiger partial charge is 0.336 e. The summed E-state index contributed by atoms with van der Waals surface area (Å²) in [6, 6.07) is 1.48. The van der Waals surface area contributed by atoms with E-state index in [2.05, 4.69) is 4.74 Å². The number of hydrogen-bond acceptors (Lipinski definition) is 4. The van der Waals surface area contributed by atoms with Crippen molar-refractivity contribution in [2.24, 2.45) is 0 Å². The van der Waals surface area contributed by atoms with Crippen LogP contribution in [0.5, 0.6) is 0 Å². The Bertz CT molecular complexity index is 329. The van der Waals surface area contributed by atoms with Crippen molar-refractivity contribution in [3.8, 4) is 0 Å². The third-order valence-corrected chi connectivity index (χ3v) is 2.43. The van der Waals surface area contributed by atoms with Crippen LogP contribution in [0.1, 0.15) is 15.2 Å². The Balaban J connectivity index is 2.82. The molecule has 4 nitrogen and oxygen atoms in total. The van der Waals surface area contributed by atoms with Crippen molar-refractivity contribution in [3.63, 3.8) is 0 Å². The summed E-state index contributed by atoms with van der Waals surface area (Å²) in [6.07, 6.45) is 0.0236. The van der Waals surface area contributed by atoms with Crippen LogP contribution in [0.3, 0.4) is 0 Å². The fourth-order valence-electron chi connectivity index (χ4n) is 0.871. The molecule has 1 aromatic rings. The van der Waals surface area contributed by atoms with E-state index in [-0.39, 0.29) is 12.0 Å². The molecule has 1 N–H and O–H groups in total. The second kappa shape index (κ2) is 4.04. The van der Waals surface area contributed by atoms with Crippen LogP contribution in [-0.2, 0) is 16.0 Å². The predicted molar refractivity (Wildman–Crippen MR) is 47.0 cm³/mol. The zero-order valence-corrected chi connectivity index (χ0v) is 7.76. The maximum absolute atomic E-state index is 10.8. The van der Waals surface area contributed by atoms with Gasteiger partial charge in [-0.1, -0.05) is 0 Å². The molecule has 0 radical (unpaired) electrons. The quantitative estimate of drug-likeness (QED) is 0.744. The molecular formula is C8H8O4S. The van der Waals surface area contributed by atoms with Gasteiger partial charge in [-0.25, -0.2) is 4.79 Å². The first-order valence-electron chi connectivity index (χ1n) is 3.51. The molecule has 0 bridgehead atoms. The predicted octanol–water partition coefficient (Wildman–Crippen LogP) is 1.16. The van der Waals surface area contributed by atoms with E-state index in [1.165, 1.54) is 24.5 Å². The third kappa shape index (κ3) is 2.29. The van der Waals surface area contributed by atoms with Crippen LogP contribution in [0, 0.1) is 0 Å². The fourth-order valence-corrected chi connectivity index (χ4v) is 1.72. The number of hydrogen-bond donors (Lipinski definition) is 1. The summed E-state index contributed by atoms with van der Waals surface area (Å²) >= 11 is 1.24. The van der Waals surface area contributed by atoms with Gasteiger partial charge in [0, 0.05) is 4.88 Å². The molecule has 0 atom stereocenters. The van der Waals surface area contributed by atoms with Crippen LogP contribution in [0.25, 0.3) is 0 Å². The van der Waals surface area contributed by atoms with Crippen molar-refractivity contribution in [1.82, 2.24) is 0 Å². The van der Waals surface area contributed by atoms with Crippen LogP contribution in [0.15, 0.2) is 11.4 Å². The van der Waals surface area contributed by atoms with Crippen LogP contribution in [0.2, 0.25) is 0 Å². The Kier molecular flexibility index (Phi) is 3.02. The molecule has 0 unspecified atom stereocenters. The first kappa shape index (κ1) is 9.73. The topological polar surface area (TPSA) is 63.6 Å². The van der Waals surface area contributed by atoms with Crippen LogP contribution in [0.4, 0.5) is 0 Å². The highest BCUT2D eigenvalue weighted by Gasteiger charge is 2.14. The summed E-state index contributed by atoms with van der Waals surface area (Å²) in [6.45, 7) is 0. The standard InChI is InChI=1S/C8H8O4S/c1-12-7(9)4-6-5(8(10)11)2-3-13-6/h2-3H,4H2,1H3,(H,10,11). The number of thiophene rings is 1. The fraction of sp³-hybridized carbons (Fsp3) is 0.250. The second-order valence-corrected chi connectivity index (χ2v) is 3.32. The van der Waals surface area contributed by atoms with Gasteiger partial charge >= 0.3 is 11.9 Å². The van der Waals surface area contributed by atoms with E-state index in [0.717, 1.165) is 0 Å². The van der Waals surface area contributed by atoms with Gasteiger partial charge < -0.3 is 9.84 Å². The maximum Gasteiger partial charge on any atom is 0.336 e. The van der Waals surface area contributed by atoms with Crippen LogP contribution < -0.4 is 0 Å². The van der Waals surface area contributed by atoms with Crippen molar-refractivity contribution in [3.05, 3.63) is 21.9 Å². The lowest BCUT2D eigenvalue weighted by molar-refractivity contribution is -0.139. The molecule has 0 aromatic carbocycles. The normalized spacial score (nSPS) is 9.62. The summed E-state index contributed by atoms with van der Waals surface area (Å²) in [5, 5.41) is 10.3. The van der Waals surface area contributed by atoms with Crippen molar-refractivity contribution in [2.45, 2.75) is 6.42 Å². The lowest BCUT2D eigenvalue weighted by Crippen LogP contribution is -2.06. The minimum Gasteiger partial charge on any atom is -0.478 e. The Morgan fingerprint density at radius 3 is 2.85 bits per heavy atom. The SMILES string of the molecule is COC(=O)Cc1sccc1C(=O)O. The molecule has 0 saturated carbocycles. The summed E-state index contributed by atoms with van der Waals surface area (Å²) in [4.78, 5) is 22.0. The Hall–Kier alpha value is -1.36. The molecule has 0 fully saturated rings. The lowest BCUT2D eigenvalue weighted by atomic mass is 10.2. The second-order valence-electron chi connectivity index (χ2n) is 2.32. The third-order valence-electron chi connectivity index (χ3n) is 1.51. The molecule has 13 heavy (non-hydrogen) atoms. The van der Waals surface area contributed by atoms with Crippen molar-refractivity contribution in [2.75, 3.05) is 7.11 Å². The monoisotopic (exact) mass is 200 g/mol. The molecule has 5 heteroatoms. The average Bonchev–Trinajstić information content (AvgIpc) is 2.52. The van der Waals surface area contributed by atoms with E-state index >= 15 is 0 Å². The van der Waals surface area contributed by atoms with Crippen molar-refractivity contribution < 1.29 is 19.4 Å². The molecule has 1 heterocycles. The van der Waals surface area contributed by atoms with Gasteiger partial charge in [0.25, 0.3) is 0 Å². The highest BCUT2D eigenvalue weighted by Crippen LogP contribution is 2.17. The van der Waals surface area contributed by atoms with E-state index < -0.39 is 11.9 Å². The first-order valence-corrected chi connectivity index (χ1v) is 4.39. The number of esters is 1. The summed E-state index contributed by atoms with van der Waals surface area (Å²) < 4.78 is 4.43. The van der Waals surface area contributed by atoms with E-state index in [1.807, 2.05) is 0 Å². The zero-order valence-electron chi connectivity index (χ0n) is 6.94. The minimum absolute atomic E-state index is 0.0236. The van der Waals surface area contributed by atoms with E-state index in [0.29, 0.717) is 4.88 Å². The van der Waals surface area contributed by atoms with Crippen LogP contribution >= 0.6 is 11.3 Å². The molecule has 0 amide bonds. The number of carbonyl (C=O) groups excluding carboxylic acids is 1. The summed E-state index contributed by atoms with van der Waals surface area (Å²) in [7, 11) is 1.27. The number of aromatic carboxylic acids is 1. The molecule has 1 aromatic heterocycles. The van der Waals surface area contributed by atoms with Gasteiger partial charge in [-0.2, -0.15) is 0 Å². The molecule has 0 aliphatic heterocycles. The maximum atomic E-state index is 10.8. The highest BCUT2D eigenvalue weighted by atomic mass is 32.1. The molecule has 0 spiro atoms. The molecule has 0 saturated heterocycles. The Morgan fingerprint density at radius 1 is 1.62 bits per heavy atom. The van der Waals surface area contributed by atoms with Crippen molar-refractivity contribution >= 4 is 23.3 Å². The number of methoxy groups -OCH3 is 1. The van der Waals surface area contributed by atoms with E-state index in [1.54, 1.807) is 5.38 Å². The average molecular weight is 200 g/mol. The minimum atomic E-state index is -1.01. The number of carboxylic acids is 1. The van der Waals surface area contributed by atoms with Crippen LogP contribution in [-0.4, -0.2) is 24.2 Å². The van der Waals surface area contributed by atoms with Gasteiger partial charge in [-0.15, -0.1) is 11.3 Å². The van der Waals surface area contributed by atoms with Gasteiger partial charge in [-0.05, 0) is 11.4 Å². The highest BCUT2D eigenvalue weighted by molar-refractivity contribution is 7.10. The molecular weight excluding hydrogens is 192 g/mol. The Morgan fingerprint density at radius 2 is 2.31 bits per heavy atom. The van der Waals surface area contributed by atoms with E-state index in [4.69, 9.17) is 5.11 Å². The van der Waals surface area contributed by atoms with Gasteiger partial charge in [0.1, 0.15) is 0 Å². The number of carboxylic acid groups (broad SMARTS) is 1. The summed E-state index contributed by atoms with van der Waals surface area (Å²) in [5.74, 6) is -1.44. The zero-order chi connectivity index (χ0) is 9.84. The number of carbonyl (C=O) groups is 2. The van der Waals surface area contributed by atoms with Gasteiger partial charge in [0.2, 0.25) is 0 Å². The molecule has 70 valence electrons. The summed E-state index contributed by atoms with van der Waals surface area (Å²) in [5.41, 5.74) is 0.176. The molecule has 0 aliphatic carbocycles. The largest absolute Gasteiger partial charge is 0.478 e. The van der Waals surface area contributed by atoms with Gasteiger partial charge in [0.15, 0.2) is 0 Å². The number of rotatable bonds is 3. The molecule has 1 rings (SSSR count).